The van der Waals surface area contributed by atoms with Crippen LogP contribution in [0.25, 0.3) is 0 Å². The molecule has 1 heterocycles. The Balaban J connectivity index is 1.67. The fraction of sp³-hybridized carbons (Fsp3) is 0.250. The summed E-state index contributed by atoms with van der Waals surface area (Å²) in [4.78, 5) is 23.3. The maximum Gasteiger partial charge on any atom is 0.287 e. The summed E-state index contributed by atoms with van der Waals surface area (Å²) < 4.78 is 4.94. The SMILES string of the molecule is O=C(CC(O)c1ccc(Cl)cc1)NCCNC(=O)c1ccco1. The molecule has 0 saturated heterocycles. The van der Waals surface area contributed by atoms with E-state index >= 15 is 0 Å². The molecule has 0 radical (unpaired) electrons. The molecule has 0 bridgehead atoms. The minimum atomic E-state index is -0.898. The van der Waals surface area contributed by atoms with E-state index in [9.17, 15) is 14.7 Å². The van der Waals surface area contributed by atoms with E-state index in [0.717, 1.165) is 0 Å². The summed E-state index contributed by atoms with van der Waals surface area (Å²) in [5.41, 5.74) is 0.621. The lowest BCUT2D eigenvalue weighted by atomic mass is 10.1. The Morgan fingerprint density at radius 3 is 2.48 bits per heavy atom. The number of furan rings is 1. The van der Waals surface area contributed by atoms with Gasteiger partial charge in [0.15, 0.2) is 5.76 Å². The fourth-order valence-corrected chi connectivity index (χ4v) is 2.05. The second-order valence-corrected chi connectivity index (χ2v) is 5.29. The fourth-order valence-electron chi connectivity index (χ4n) is 1.92. The second kappa shape index (κ2) is 8.36. The van der Waals surface area contributed by atoms with Crippen LogP contribution in [0.2, 0.25) is 5.02 Å². The summed E-state index contributed by atoms with van der Waals surface area (Å²) in [5.74, 6) is -0.431. The van der Waals surface area contributed by atoms with Crippen LogP contribution in [0.15, 0.2) is 47.1 Å². The first-order chi connectivity index (χ1) is 11.1. The summed E-state index contributed by atoms with van der Waals surface area (Å²) in [7, 11) is 0. The Kier molecular flexibility index (Phi) is 6.19. The van der Waals surface area contributed by atoms with E-state index in [4.69, 9.17) is 16.0 Å². The van der Waals surface area contributed by atoms with Crippen molar-refractivity contribution >= 4 is 23.4 Å². The highest BCUT2D eigenvalue weighted by Gasteiger charge is 2.13. The van der Waals surface area contributed by atoms with Crippen LogP contribution in [0.3, 0.4) is 0 Å². The molecule has 0 saturated carbocycles. The number of halogens is 1. The lowest BCUT2D eigenvalue weighted by molar-refractivity contribution is -0.123. The summed E-state index contributed by atoms with van der Waals surface area (Å²) in [6, 6.07) is 9.82. The first-order valence-electron chi connectivity index (χ1n) is 7.08. The van der Waals surface area contributed by atoms with Gasteiger partial charge in [-0.3, -0.25) is 9.59 Å². The molecule has 122 valence electrons. The predicted molar refractivity (Wildman–Crippen MR) is 85.1 cm³/mol. The van der Waals surface area contributed by atoms with Crippen molar-refractivity contribution in [1.82, 2.24) is 10.6 Å². The number of hydrogen-bond donors (Lipinski definition) is 3. The smallest absolute Gasteiger partial charge is 0.287 e. The quantitative estimate of drug-likeness (QED) is 0.673. The lowest BCUT2D eigenvalue weighted by Gasteiger charge is -2.11. The molecule has 1 atom stereocenters. The molecule has 3 N–H and O–H groups in total. The van der Waals surface area contributed by atoms with Gasteiger partial charge in [-0.1, -0.05) is 23.7 Å². The van der Waals surface area contributed by atoms with Crippen molar-refractivity contribution in [2.75, 3.05) is 13.1 Å². The Hall–Kier alpha value is -2.31. The van der Waals surface area contributed by atoms with E-state index in [1.54, 1.807) is 36.4 Å². The molecule has 1 unspecified atom stereocenters. The number of aliphatic hydroxyl groups excluding tert-OH is 1. The zero-order valence-electron chi connectivity index (χ0n) is 12.3. The number of hydrogen-bond acceptors (Lipinski definition) is 4. The van der Waals surface area contributed by atoms with Gasteiger partial charge in [-0.15, -0.1) is 0 Å². The lowest BCUT2D eigenvalue weighted by Crippen LogP contribution is -2.35. The van der Waals surface area contributed by atoms with Gasteiger partial charge in [0.1, 0.15) is 0 Å². The van der Waals surface area contributed by atoms with Gasteiger partial charge in [-0.05, 0) is 29.8 Å². The molecule has 1 aromatic carbocycles. The molecular weight excluding hydrogens is 320 g/mol. The molecule has 2 amide bonds. The Bertz CT molecular complexity index is 641. The van der Waals surface area contributed by atoms with Gasteiger partial charge in [0.2, 0.25) is 5.91 Å². The van der Waals surface area contributed by atoms with E-state index in [2.05, 4.69) is 10.6 Å². The minimum Gasteiger partial charge on any atom is -0.459 e. The van der Waals surface area contributed by atoms with Crippen molar-refractivity contribution in [1.29, 1.82) is 0 Å². The van der Waals surface area contributed by atoms with Crippen molar-refractivity contribution in [3.05, 3.63) is 59.0 Å². The van der Waals surface area contributed by atoms with Gasteiger partial charge < -0.3 is 20.2 Å². The van der Waals surface area contributed by atoms with Gasteiger partial charge in [-0.25, -0.2) is 0 Å². The normalized spacial score (nSPS) is 11.7. The molecule has 0 aliphatic carbocycles. The number of amides is 2. The molecule has 2 rings (SSSR count). The molecule has 6 nitrogen and oxygen atoms in total. The van der Waals surface area contributed by atoms with Gasteiger partial charge in [-0.2, -0.15) is 0 Å². The monoisotopic (exact) mass is 336 g/mol. The van der Waals surface area contributed by atoms with Crippen molar-refractivity contribution in [3.8, 4) is 0 Å². The Morgan fingerprint density at radius 2 is 1.83 bits per heavy atom. The average molecular weight is 337 g/mol. The molecule has 0 aliphatic rings. The van der Waals surface area contributed by atoms with Crippen LogP contribution in [0.4, 0.5) is 0 Å². The molecule has 7 heteroatoms. The van der Waals surface area contributed by atoms with Crippen molar-refractivity contribution < 1.29 is 19.1 Å². The van der Waals surface area contributed by atoms with Crippen molar-refractivity contribution in [2.24, 2.45) is 0 Å². The van der Waals surface area contributed by atoms with Crippen LogP contribution in [0.1, 0.15) is 28.6 Å². The van der Waals surface area contributed by atoms with Gasteiger partial charge in [0.05, 0.1) is 18.8 Å². The Morgan fingerprint density at radius 1 is 1.13 bits per heavy atom. The molecule has 0 aliphatic heterocycles. The number of nitrogens with one attached hydrogen (secondary N) is 2. The third-order valence-electron chi connectivity index (χ3n) is 3.11. The molecular formula is C16H17ClN2O4. The predicted octanol–water partition coefficient (Wildman–Crippen LogP) is 1.90. The molecule has 0 fully saturated rings. The summed E-state index contributed by atoms with van der Waals surface area (Å²) in [6.45, 7) is 0.529. The number of carbonyl (C=O) groups is 2. The molecule has 2 aromatic rings. The first-order valence-corrected chi connectivity index (χ1v) is 7.46. The van der Waals surface area contributed by atoms with E-state index in [0.29, 0.717) is 10.6 Å². The molecule has 0 spiro atoms. The zero-order valence-corrected chi connectivity index (χ0v) is 13.0. The summed E-state index contributed by atoms with van der Waals surface area (Å²) in [6.07, 6.45) is 0.452. The Labute approximate surface area is 138 Å². The standard InChI is InChI=1S/C16H17ClN2O4/c17-12-5-3-11(4-6-12)13(20)10-15(21)18-7-8-19-16(22)14-2-1-9-23-14/h1-6,9,13,20H,7-8,10H2,(H,18,21)(H,19,22). The first kappa shape index (κ1) is 17.1. The largest absolute Gasteiger partial charge is 0.459 e. The van der Waals surface area contributed by atoms with E-state index in [1.807, 2.05) is 0 Å². The topological polar surface area (TPSA) is 91.6 Å². The third-order valence-corrected chi connectivity index (χ3v) is 3.36. The zero-order chi connectivity index (χ0) is 16.7. The minimum absolute atomic E-state index is 0.0617. The van der Waals surface area contributed by atoms with Gasteiger partial charge >= 0.3 is 0 Å². The highest BCUT2D eigenvalue weighted by atomic mass is 35.5. The van der Waals surface area contributed by atoms with Crippen LogP contribution >= 0.6 is 11.6 Å². The van der Waals surface area contributed by atoms with Gasteiger partial charge in [0, 0.05) is 18.1 Å². The van der Waals surface area contributed by atoms with Crippen molar-refractivity contribution in [2.45, 2.75) is 12.5 Å². The molecule has 23 heavy (non-hydrogen) atoms. The maximum absolute atomic E-state index is 11.7. The molecule has 1 aromatic heterocycles. The van der Waals surface area contributed by atoms with Crippen LogP contribution in [0.5, 0.6) is 0 Å². The van der Waals surface area contributed by atoms with Crippen LogP contribution in [0, 0.1) is 0 Å². The van der Waals surface area contributed by atoms with Crippen molar-refractivity contribution in [3.63, 3.8) is 0 Å². The number of carbonyl (C=O) groups excluding carboxylic acids is 2. The highest BCUT2D eigenvalue weighted by Crippen LogP contribution is 2.18. The summed E-state index contributed by atoms with van der Waals surface area (Å²) >= 11 is 5.77. The third kappa shape index (κ3) is 5.43. The number of rotatable bonds is 7. The second-order valence-electron chi connectivity index (χ2n) is 4.85. The average Bonchev–Trinajstić information content (AvgIpc) is 3.06. The van der Waals surface area contributed by atoms with Crippen LogP contribution in [-0.4, -0.2) is 30.0 Å². The van der Waals surface area contributed by atoms with E-state index < -0.39 is 6.10 Å². The van der Waals surface area contributed by atoms with E-state index in [-0.39, 0.29) is 37.1 Å². The highest BCUT2D eigenvalue weighted by molar-refractivity contribution is 6.30. The van der Waals surface area contributed by atoms with E-state index in [1.165, 1.54) is 6.26 Å². The van der Waals surface area contributed by atoms with Crippen LogP contribution in [-0.2, 0) is 4.79 Å². The maximum atomic E-state index is 11.7. The van der Waals surface area contributed by atoms with Gasteiger partial charge in [0.25, 0.3) is 5.91 Å². The van der Waals surface area contributed by atoms with Crippen LogP contribution < -0.4 is 10.6 Å². The summed E-state index contributed by atoms with van der Waals surface area (Å²) in [5, 5.41) is 15.8. The number of benzene rings is 1. The number of aliphatic hydroxyl groups is 1.